The second-order valence-electron chi connectivity index (χ2n) is 4.72. The predicted molar refractivity (Wildman–Crippen MR) is 77.4 cm³/mol. The number of hydrazine groups is 1. The van der Waals surface area contributed by atoms with Gasteiger partial charge in [-0.15, -0.1) is 0 Å². The third kappa shape index (κ3) is 4.22. The zero-order valence-electron chi connectivity index (χ0n) is 11.9. The largest absolute Gasteiger partial charge is 0.323 e. The third-order valence-corrected chi connectivity index (χ3v) is 3.81. The standard InChI is InChI=1S/C12H17N5O3S/c1-8-5-9(2)17(15-8)7-11(19)14-13-10(18)6-16-3-4-21-12(16)20/h5H,3-4,6-7H2,1-2H3,(H,13,18)(H,14,19). The summed E-state index contributed by atoms with van der Waals surface area (Å²) in [4.78, 5) is 36.1. The van der Waals surface area contributed by atoms with Gasteiger partial charge in [0.2, 0.25) is 0 Å². The number of thioether (sulfide) groups is 1. The first-order valence-corrected chi connectivity index (χ1v) is 7.44. The van der Waals surface area contributed by atoms with E-state index < -0.39 is 5.91 Å². The van der Waals surface area contributed by atoms with Gasteiger partial charge in [-0.2, -0.15) is 5.10 Å². The number of amides is 3. The minimum atomic E-state index is -0.424. The summed E-state index contributed by atoms with van der Waals surface area (Å²) in [6.45, 7) is 4.22. The van der Waals surface area contributed by atoms with Crippen LogP contribution in [0.2, 0.25) is 0 Å². The Morgan fingerprint density at radius 3 is 2.48 bits per heavy atom. The van der Waals surface area contributed by atoms with Crippen LogP contribution in [-0.4, -0.2) is 50.6 Å². The van der Waals surface area contributed by atoms with Crippen LogP contribution in [0.1, 0.15) is 11.4 Å². The fourth-order valence-corrected chi connectivity index (χ4v) is 2.76. The van der Waals surface area contributed by atoms with Crippen molar-refractivity contribution in [3.05, 3.63) is 17.5 Å². The molecule has 3 amide bonds. The molecule has 1 saturated heterocycles. The van der Waals surface area contributed by atoms with E-state index in [4.69, 9.17) is 0 Å². The maximum Gasteiger partial charge on any atom is 0.282 e. The molecule has 1 aromatic rings. The average Bonchev–Trinajstić information content (AvgIpc) is 2.94. The molecule has 0 aromatic carbocycles. The molecule has 2 heterocycles. The zero-order valence-corrected chi connectivity index (χ0v) is 12.7. The Balaban J connectivity index is 1.74. The van der Waals surface area contributed by atoms with Crippen molar-refractivity contribution in [1.29, 1.82) is 0 Å². The van der Waals surface area contributed by atoms with E-state index >= 15 is 0 Å². The Bertz CT molecular complexity index is 571. The number of hydrogen-bond donors (Lipinski definition) is 2. The lowest BCUT2D eigenvalue weighted by atomic mass is 10.4. The summed E-state index contributed by atoms with van der Waals surface area (Å²) in [5.41, 5.74) is 6.30. The smallest absolute Gasteiger partial charge is 0.282 e. The molecule has 9 heteroatoms. The maximum atomic E-state index is 11.7. The zero-order chi connectivity index (χ0) is 15.4. The van der Waals surface area contributed by atoms with Crippen LogP contribution in [0, 0.1) is 13.8 Å². The summed E-state index contributed by atoms with van der Waals surface area (Å²) >= 11 is 1.19. The second-order valence-corrected chi connectivity index (χ2v) is 5.76. The molecule has 1 fully saturated rings. The van der Waals surface area contributed by atoms with Gasteiger partial charge in [0.25, 0.3) is 17.1 Å². The number of nitrogens with zero attached hydrogens (tertiary/aromatic N) is 3. The molecule has 0 bridgehead atoms. The van der Waals surface area contributed by atoms with Gasteiger partial charge in [0.15, 0.2) is 0 Å². The summed E-state index contributed by atoms with van der Waals surface area (Å²) in [6, 6.07) is 1.86. The molecule has 0 spiro atoms. The van der Waals surface area contributed by atoms with Crippen molar-refractivity contribution in [3.63, 3.8) is 0 Å². The lowest BCUT2D eigenvalue weighted by Gasteiger charge is -2.14. The van der Waals surface area contributed by atoms with Gasteiger partial charge in [0.05, 0.1) is 5.69 Å². The average molecular weight is 311 g/mol. The quantitative estimate of drug-likeness (QED) is 0.752. The molecule has 0 atom stereocenters. The van der Waals surface area contributed by atoms with E-state index in [1.165, 1.54) is 16.7 Å². The molecule has 0 unspecified atom stereocenters. The van der Waals surface area contributed by atoms with Crippen LogP contribution in [0.25, 0.3) is 0 Å². The number of carbonyl (C=O) groups is 3. The minimum Gasteiger partial charge on any atom is -0.323 e. The molecular weight excluding hydrogens is 294 g/mol. The fourth-order valence-electron chi connectivity index (χ4n) is 1.93. The highest BCUT2D eigenvalue weighted by Crippen LogP contribution is 2.16. The summed E-state index contributed by atoms with van der Waals surface area (Å²) in [5, 5.41) is 4.05. The van der Waals surface area contributed by atoms with Crippen LogP contribution in [-0.2, 0) is 16.1 Å². The van der Waals surface area contributed by atoms with Gasteiger partial charge in [-0.05, 0) is 19.9 Å². The van der Waals surface area contributed by atoms with Crippen molar-refractivity contribution in [2.45, 2.75) is 20.4 Å². The Morgan fingerprint density at radius 1 is 1.29 bits per heavy atom. The van der Waals surface area contributed by atoms with Gasteiger partial charge in [0, 0.05) is 18.0 Å². The lowest BCUT2D eigenvalue weighted by Crippen LogP contribution is -2.47. The van der Waals surface area contributed by atoms with Crippen LogP contribution in [0.5, 0.6) is 0 Å². The van der Waals surface area contributed by atoms with Crippen molar-refractivity contribution in [3.8, 4) is 0 Å². The number of rotatable bonds is 4. The molecule has 1 aromatic heterocycles. The predicted octanol–water partition coefficient (Wildman–Crippen LogP) is -0.184. The molecule has 0 aliphatic carbocycles. The SMILES string of the molecule is Cc1cc(C)n(CC(=O)NNC(=O)CN2CCSC2=O)n1. The lowest BCUT2D eigenvalue weighted by molar-refractivity contribution is -0.129. The summed E-state index contributed by atoms with van der Waals surface area (Å²) < 4.78 is 1.55. The highest BCUT2D eigenvalue weighted by Gasteiger charge is 2.23. The summed E-state index contributed by atoms with van der Waals surface area (Å²) in [5.74, 6) is -0.111. The Hall–Kier alpha value is -2.03. The molecule has 114 valence electrons. The number of carbonyl (C=O) groups excluding carboxylic acids is 3. The van der Waals surface area contributed by atoms with E-state index in [-0.39, 0.29) is 24.2 Å². The molecular formula is C12H17N5O3S. The molecule has 1 aliphatic heterocycles. The fraction of sp³-hybridized carbons (Fsp3) is 0.500. The second kappa shape index (κ2) is 6.61. The highest BCUT2D eigenvalue weighted by atomic mass is 32.2. The van der Waals surface area contributed by atoms with Crippen LogP contribution in [0.15, 0.2) is 6.07 Å². The molecule has 1 aliphatic rings. The van der Waals surface area contributed by atoms with Crippen molar-refractivity contribution >= 4 is 28.8 Å². The first kappa shape index (κ1) is 15.4. The Labute approximate surface area is 126 Å². The normalized spacial score (nSPS) is 14.4. The number of aryl methyl sites for hydroxylation is 2. The molecule has 0 radical (unpaired) electrons. The number of aromatic nitrogens is 2. The first-order valence-electron chi connectivity index (χ1n) is 6.46. The van der Waals surface area contributed by atoms with E-state index in [0.717, 1.165) is 11.4 Å². The van der Waals surface area contributed by atoms with E-state index in [2.05, 4.69) is 16.0 Å². The van der Waals surface area contributed by atoms with Gasteiger partial charge in [0.1, 0.15) is 13.1 Å². The Kier molecular flexibility index (Phi) is 4.84. The summed E-state index contributed by atoms with van der Waals surface area (Å²) in [7, 11) is 0. The topological polar surface area (TPSA) is 96.3 Å². The molecule has 2 N–H and O–H groups in total. The van der Waals surface area contributed by atoms with Crippen LogP contribution < -0.4 is 10.9 Å². The van der Waals surface area contributed by atoms with E-state index in [9.17, 15) is 14.4 Å². The maximum absolute atomic E-state index is 11.7. The molecule has 2 rings (SSSR count). The van der Waals surface area contributed by atoms with Gasteiger partial charge < -0.3 is 4.90 Å². The first-order chi connectivity index (χ1) is 9.95. The third-order valence-electron chi connectivity index (χ3n) is 2.92. The minimum absolute atomic E-state index is 0.0262. The van der Waals surface area contributed by atoms with Crippen molar-refractivity contribution < 1.29 is 14.4 Å². The molecule has 0 saturated carbocycles. The van der Waals surface area contributed by atoms with Crippen molar-refractivity contribution in [2.75, 3.05) is 18.8 Å². The van der Waals surface area contributed by atoms with Crippen LogP contribution >= 0.6 is 11.8 Å². The Morgan fingerprint density at radius 2 is 1.95 bits per heavy atom. The summed E-state index contributed by atoms with van der Waals surface area (Å²) in [6.07, 6.45) is 0. The van der Waals surface area contributed by atoms with Crippen molar-refractivity contribution in [2.24, 2.45) is 0 Å². The van der Waals surface area contributed by atoms with Crippen molar-refractivity contribution in [1.82, 2.24) is 25.5 Å². The van der Waals surface area contributed by atoms with E-state index in [1.807, 2.05) is 19.9 Å². The van der Waals surface area contributed by atoms with Gasteiger partial charge in [-0.3, -0.25) is 29.9 Å². The van der Waals surface area contributed by atoms with E-state index in [1.54, 1.807) is 4.68 Å². The van der Waals surface area contributed by atoms with Crippen LogP contribution in [0.4, 0.5) is 4.79 Å². The van der Waals surface area contributed by atoms with Gasteiger partial charge >= 0.3 is 0 Å². The number of nitrogens with one attached hydrogen (secondary N) is 2. The highest BCUT2D eigenvalue weighted by molar-refractivity contribution is 8.13. The number of hydrogen-bond acceptors (Lipinski definition) is 5. The van der Waals surface area contributed by atoms with Crippen LogP contribution in [0.3, 0.4) is 0 Å². The van der Waals surface area contributed by atoms with E-state index in [0.29, 0.717) is 12.3 Å². The molecule has 21 heavy (non-hydrogen) atoms. The molecule has 8 nitrogen and oxygen atoms in total. The monoisotopic (exact) mass is 311 g/mol. The van der Waals surface area contributed by atoms with Gasteiger partial charge in [-0.25, -0.2) is 0 Å². The van der Waals surface area contributed by atoms with Gasteiger partial charge in [-0.1, -0.05) is 11.8 Å².